The highest BCUT2D eigenvalue weighted by Gasteiger charge is 2.31. The van der Waals surface area contributed by atoms with Crippen molar-refractivity contribution in [3.63, 3.8) is 0 Å². The van der Waals surface area contributed by atoms with E-state index in [4.69, 9.17) is 0 Å². The average Bonchev–Trinajstić information content (AvgIpc) is 2.82. The number of fused-ring (bicyclic) bond motifs is 1. The quantitative estimate of drug-likeness (QED) is 0.434. The van der Waals surface area contributed by atoms with Gasteiger partial charge < -0.3 is 10.2 Å². The van der Waals surface area contributed by atoms with E-state index in [9.17, 15) is 23.3 Å². The molecule has 2 heterocycles. The Hall–Kier alpha value is -3.57. The van der Waals surface area contributed by atoms with Crippen LogP contribution in [0.4, 0.5) is 11.4 Å². The smallest absolute Gasteiger partial charge is 0.292 e. The number of rotatable bonds is 6. The van der Waals surface area contributed by atoms with Crippen molar-refractivity contribution in [2.45, 2.75) is 11.8 Å². The maximum atomic E-state index is 13.3. The Kier molecular flexibility index (Phi) is 6.25. The molecule has 2 aromatic carbocycles. The molecule has 1 aromatic heterocycles. The molecule has 1 amide bonds. The van der Waals surface area contributed by atoms with Crippen LogP contribution in [0, 0.1) is 17.0 Å². The van der Waals surface area contributed by atoms with Crippen molar-refractivity contribution >= 4 is 38.2 Å². The summed E-state index contributed by atoms with van der Waals surface area (Å²) < 4.78 is 27.9. The predicted molar refractivity (Wildman–Crippen MR) is 123 cm³/mol. The molecule has 1 fully saturated rings. The fourth-order valence-corrected chi connectivity index (χ4v) is 5.42. The van der Waals surface area contributed by atoms with Gasteiger partial charge in [-0.15, -0.1) is 0 Å². The van der Waals surface area contributed by atoms with Crippen molar-refractivity contribution in [2.75, 3.05) is 38.0 Å². The van der Waals surface area contributed by atoms with Gasteiger partial charge in [-0.25, -0.2) is 8.42 Å². The van der Waals surface area contributed by atoms with Gasteiger partial charge in [-0.3, -0.25) is 19.9 Å². The third kappa shape index (κ3) is 4.64. The van der Waals surface area contributed by atoms with E-state index in [1.54, 1.807) is 35.4 Å². The van der Waals surface area contributed by atoms with Crippen molar-refractivity contribution in [3.05, 3.63) is 70.4 Å². The number of amides is 1. The third-order valence-corrected chi connectivity index (χ3v) is 7.48. The first-order valence-corrected chi connectivity index (χ1v) is 11.8. The Labute approximate surface area is 191 Å². The molecule has 0 radical (unpaired) electrons. The molecule has 11 heteroatoms. The number of sulfonamides is 1. The van der Waals surface area contributed by atoms with Crippen molar-refractivity contribution in [1.82, 2.24) is 14.2 Å². The number of carbonyl (C=O) groups excluding carboxylic acids is 1. The third-order valence-electron chi connectivity index (χ3n) is 5.55. The van der Waals surface area contributed by atoms with Crippen LogP contribution in [-0.2, 0) is 14.8 Å². The number of nitrogens with zero attached hydrogens (tertiary/aromatic N) is 4. The van der Waals surface area contributed by atoms with Crippen LogP contribution in [0.2, 0.25) is 0 Å². The van der Waals surface area contributed by atoms with Crippen LogP contribution in [0.25, 0.3) is 10.9 Å². The molecule has 0 bridgehead atoms. The van der Waals surface area contributed by atoms with Gasteiger partial charge >= 0.3 is 0 Å². The van der Waals surface area contributed by atoms with E-state index in [0.29, 0.717) is 5.52 Å². The molecule has 1 N–H and O–H groups in total. The number of hydrogen-bond donors (Lipinski definition) is 1. The maximum absolute atomic E-state index is 13.3. The van der Waals surface area contributed by atoms with E-state index in [1.165, 1.54) is 16.4 Å². The fourth-order valence-electron chi connectivity index (χ4n) is 3.83. The van der Waals surface area contributed by atoms with E-state index >= 15 is 0 Å². The first kappa shape index (κ1) is 22.6. The van der Waals surface area contributed by atoms with Gasteiger partial charge in [-0.1, -0.05) is 24.3 Å². The number of para-hydroxylation sites is 3. The van der Waals surface area contributed by atoms with Crippen LogP contribution >= 0.6 is 0 Å². The van der Waals surface area contributed by atoms with Crippen LogP contribution in [0.1, 0.15) is 5.56 Å². The van der Waals surface area contributed by atoms with Gasteiger partial charge in [0.1, 0.15) is 10.6 Å². The number of benzene rings is 2. The number of nitro benzene ring substituents is 1. The number of piperazine rings is 1. The number of aryl methyl sites for hydroxylation is 1. The van der Waals surface area contributed by atoms with Gasteiger partial charge in [-0.2, -0.15) is 4.31 Å². The molecule has 0 spiro atoms. The molecule has 3 aromatic rings. The summed E-state index contributed by atoms with van der Waals surface area (Å²) in [6.45, 7) is 2.55. The SMILES string of the molecule is Cc1cnc2c(S(=O)(=O)N3CCN(C(=O)CNc4ccccc4[N+](=O)[O-])CC3)cccc2c1. The highest BCUT2D eigenvalue weighted by Crippen LogP contribution is 2.26. The molecule has 1 aliphatic heterocycles. The standard InChI is InChI=1S/C22H23N5O5S/c1-16-13-17-5-4-8-20(22(17)24-14-16)33(31,32)26-11-9-25(10-12-26)21(28)15-23-18-6-2-3-7-19(18)27(29)30/h2-8,13-14,23H,9-12,15H2,1H3. The van der Waals surface area contributed by atoms with Gasteiger partial charge in [0.25, 0.3) is 5.69 Å². The van der Waals surface area contributed by atoms with Crippen LogP contribution in [-0.4, -0.2) is 66.2 Å². The topological polar surface area (TPSA) is 126 Å². The summed E-state index contributed by atoms with van der Waals surface area (Å²) in [7, 11) is -3.78. The molecule has 0 aliphatic carbocycles. The fraction of sp³-hybridized carbons (Fsp3) is 0.273. The van der Waals surface area contributed by atoms with E-state index in [1.807, 2.05) is 19.1 Å². The van der Waals surface area contributed by atoms with Gasteiger partial charge in [0, 0.05) is 43.8 Å². The van der Waals surface area contributed by atoms with Crippen LogP contribution in [0.5, 0.6) is 0 Å². The second-order valence-corrected chi connectivity index (χ2v) is 9.66. The molecular formula is C22H23N5O5S. The largest absolute Gasteiger partial charge is 0.371 e. The minimum Gasteiger partial charge on any atom is -0.371 e. The number of pyridine rings is 1. The summed E-state index contributed by atoms with van der Waals surface area (Å²) in [5.74, 6) is -0.257. The Morgan fingerprint density at radius 3 is 2.58 bits per heavy atom. The number of aromatic nitrogens is 1. The zero-order valence-electron chi connectivity index (χ0n) is 18.0. The first-order chi connectivity index (χ1) is 15.8. The lowest BCUT2D eigenvalue weighted by Gasteiger charge is -2.34. The van der Waals surface area contributed by atoms with E-state index in [2.05, 4.69) is 10.3 Å². The number of nitro groups is 1. The highest BCUT2D eigenvalue weighted by atomic mass is 32.2. The summed E-state index contributed by atoms with van der Waals surface area (Å²) >= 11 is 0. The number of hydrogen-bond acceptors (Lipinski definition) is 7. The Bertz CT molecular complexity index is 1320. The maximum Gasteiger partial charge on any atom is 0.292 e. The Morgan fingerprint density at radius 1 is 1.12 bits per heavy atom. The predicted octanol–water partition coefficient (Wildman–Crippen LogP) is 2.40. The summed E-state index contributed by atoms with van der Waals surface area (Å²) in [6, 6.07) is 13.1. The van der Waals surface area contributed by atoms with E-state index in [-0.39, 0.29) is 54.9 Å². The molecule has 0 atom stereocenters. The van der Waals surface area contributed by atoms with Crippen molar-refractivity contribution in [3.8, 4) is 0 Å². The molecule has 4 rings (SSSR count). The Morgan fingerprint density at radius 2 is 1.85 bits per heavy atom. The van der Waals surface area contributed by atoms with Gasteiger partial charge in [0.05, 0.1) is 17.0 Å². The number of nitrogens with one attached hydrogen (secondary N) is 1. The van der Waals surface area contributed by atoms with Crippen molar-refractivity contribution in [1.29, 1.82) is 0 Å². The summed E-state index contributed by atoms with van der Waals surface area (Å²) in [5, 5.41) is 14.7. The monoisotopic (exact) mass is 469 g/mol. The van der Waals surface area contributed by atoms with E-state index in [0.717, 1.165) is 10.9 Å². The number of anilines is 1. The minimum atomic E-state index is -3.78. The summed E-state index contributed by atoms with van der Waals surface area (Å²) in [5.41, 5.74) is 1.52. The molecule has 10 nitrogen and oxygen atoms in total. The molecule has 33 heavy (non-hydrogen) atoms. The van der Waals surface area contributed by atoms with Crippen LogP contribution in [0.15, 0.2) is 59.6 Å². The molecule has 1 aliphatic rings. The summed E-state index contributed by atoms with van der Waals surface area (Å²) in [4.78, 5) is 29.2. The lowest BCUT2D eigenvalue weighted by atomic mass is 10.2. The average molecular weight is 470 g/mol. The van der Waals surface area contributed by atoms with Gasteiger partial charge in [0.2, 0.25) is 15.9 Å². The lowest BCUT2D eigenvalue weighted by molar-refractivity contribution is -0.383. The normalized spacial score (nSPS) is 14.9. The van der Waals surface area contributed by atoms with Gasteiger partial charge in [0.15, 0.2) is 0 Å². The second kappa shape index (κ2) is 9.12. The molecular weight excluding hydrogens is 446 g/mol. The zero-order chi connectivity index (χ0) is 23.6. The molecule has 0 unspecified atom stereocenters. The second-order valence-electron chi connectivity index (χ2n) is 7.75. The number of carbonyl (C=O) groups is 1. The zero-order valence-corrected chi connectivity index (χ0v) is 18.8. The van der Waals surface area contributed by atoms with Crippen molar-refractivity contribution in [2.24, 2.45) is 0 Å². The molecule has 1 saturated heterocycles. The van der Waals surface area contributed by atoms with Crippen molar-refractivity contribution < 1.29 is 18.1 Å². The van der Waals surface area contributed by atoms with E-state index < -0.39 is 14.9 Å². The van der Waals surface area contributed by atoms with Gasteiger partial charge in [-0.05, 0) is 30.7 Å². The molecule has 0 saturated carbocycles. The molecule has 172 valence electrons. The Balaban J connectivity index is 1.42. The van der Waals surface area contributed by atoms with Crippen LogP contribution < -0.4 is 5.32 Å². The lowest BCUT2D eigenvalue weighted by Crippen LogP contribution is -2.51. The summed E-state index contributed by atoms with van der Waals surface area (Å²) in [6.07, 6.45) is 1.64. The van der Waals surface area contributed by atoms with Crippen LogP contribution in [0.3, 0.4) is 0 Å². The minimum absolute atomic E-state index is 0.111. The first-order valence-electron chi connectivity index (χ1n) is 10.4. The highest BCUT2D eigenvalue weighted by molar-refractivity contribution is 7.89.